The second kappa shape index (κ2) is 39.8. The van der Waals surface area contributed by atoms with Gasteiger partial charge in [0.05, 0.1) is 16.7 Å². The van der Waals surface area contributed by atoms with Crippen molar-refractivity contribution in [3.8, 4) is 67.5 Å². The SMILES string of the molecule is [2H]C([2H])([2H])c1cc(-c2[c-]cc(C([2H])([2H])[2H])c3c2oc2nc(C)ccc23)ncc1C([2H])(C)C([2H])([2H])[2H].[2H]C([2H])([2H])c1cc(-c2[c-]cc(C([2H])([2H])[2H])c3c2oc2nc(C)ccc23)ncc1C([2H])(C)C([2H])([2H])[2H].[2H]C([2H])([2H])c1cc(-c2[c-]cc(C([2H])([2H])[2H])c3c2oc2nc(C)ccc23)ncc1C([2H])(C)C([2H])([2H])[2H].[2H]C([2H])([2H])c1ccc(-c2[c-]cccc2)nc1.[2H]C([2H])([2H])c1cnc(-c2[c-]cccc2)cc1C.[Ir].[Ir].[Ir].[c-]1ccccc1-c1ccccn1. The summed E-state index contributed by atoms with van der Waals surface area (Å²) in [6.45, 7) is -17.9. The Balaban J connectivity index is 0.000000194. The largest absolute Gasteiger partial charge is 0.486 e. The van der Waals surface area contributed by atoms with Gasteiger partial charge in [-0.15, -0.1) is 161 Å². The van der Waals surface area contributed by atoms with E-state index in [1.165, 1.54) is 48.8 Å². The van der Waals surface area contributed by atoms with Gasteiger partial charge in [0, 0.05) is 180 Å². The maximum absolute atomic E-state index is 8.39. The summed E-state index contributed by atoms with van der Waals surface area (Å²) in [6.07, 6.45) is 7.81. The average Bonchev–Trinajstić information content (AvgIpc) is 1.63. The van der Waals surface area contributed by atoms with Crippen LogP contribution in [0.15, 0.2) is 232 Å². The first-order valence-electron chi connectivity index (χ1n) is 53.4. The number of furan rings is 3. The zero-order chi connectivity index (χ0) is 111. The van der Waals surface area contributed by atoms with Crippen LogP contribution in [0.4, 0.5) is 0 Å². The Hall–Kier alpha value is -11.0. The molecule has 12 nitrogen and oxygen atoms in total. The molecule has 0 aliphatic carbocycles. The Kier molecular flexibility index (Phi) is 17.4. The first-order chi connectivity index (χ1) is 69.3. The van der Waals surface area contributed by atoms with E-state index in [1.807, 2.05) is 84.9 Å². The van der Waals surface area contributed by atoms with Gasteiger partial charge in [-0.25, -0.2) is 15.0 Å². The van der Waals surface area contributed by atoms with Crippen molar-refractivity contribution in [2.24, 2.45) is 0 Å². The predicted octanol–water partition coefficient (Wildman–Crippen LogP) is 26.2. The molecule has 3 radical (unpaired) electrons. The van der Waals surface area contributed by atoms with E-state index in [4.69, 9.17) is 62.6 Å². The Morgan fingerprint density at radius 2 is 0.684 bits per heavy atom. The number of rotatable bonds is 9. The Bertz CT molecular complexity index is 7400. The fourth-order valence-electron chi connectivity index (χ4n) is 12.1. The number of aromatic nitrogens is 9. The summed E-state index contributed by atoms with van der Waals surface area (Å²) in [7, 11) is 0. The van der Waals surface area contributed by atoms with E-state index >= 15 is 0 Å². The van der Waals surface area contributed by atoms with Crippen molar-refractivity contribution in [2.45, 2.75) is 142 Å². The van der Waals surface area contributed by atoms with Crippen LogP contribution in [0.1, 0.15) is 192 Å². The summed E-state index contributed by atoms with van der Waals surface area (Å²) in [6, 6.07) is 69.2. The van der Waals surface area contributed by atoms with Gasteiger partial charge in [0.2, 0.25) is 17.1 Å². The van der Waals surface area contributed by atoms with Crippen molar-refractivity contribution in [1.29, 1.82) is 0 Å². The first-order valence-corrected chi connectivity index (χ1v) is 35.4. The maximum Gasteiger partial charge on any atom is 0.216 e. The molecule has 117 heavy (non-hydrogen) atoms. The summed E-state index contributed by atoms with van der Waals surface area (Å²) >= 11 is 0. The third-order valence-corrected chi connectivity index (χ3v) is 17.8. The molecule has 0 aliphatic heterocycles. The molecule has 15 heteroatoms. The molecule has 18 rings (SSSR count). The Morgan fingerprint density at radius 3 is 1.01 bits per heavy atom. The number of pyridine rings is 9. The molecule has 0 aliphatic rings. The van der Waals surface area contributed by atoms with Gasteiger partial charge in [-0.1, -0.05) is 166 Å². The molecule has 0 amide bonds. The quantitative estimate of drug-likeness (QED) is 0.126. The van der Waals surface area contributed by atoms with Crippen LogP contribution in [0.5, 0.6) is 0 Å². The number of benzene rings is 6. The zero-order valence-corrected chi connectivity index (χ0v) is 70.7. The summed E-state index contributed by atoms with van der Waals surface area (Å²) in [4.78, 5) is 38.3. The molecule has 0 bridgehead atoms. The van der Waals surface area contributed by atoms with E-state index in [0.717, 1.165) is 78.7 Å². The van der Waals surface area contributed by atoms with Crippen molar-refractivity contribution < 1.29 is 123 Å². The van der Waals surface area contributed by atoms with E-state index in [-0.39, 0.29) is 200 Å². The molecule has 12 aromatic heterocycles. The summed E-state index contributed by atoms with van der Waals surface area (Å²) in [5.41, 5.74) is 8.49. The van der Waals surface area contributed by atoms with Crippen LogP contribution in [-0.4, -0.2) is 44.9 Å². The fourth-order valence-corrected chi connectivity index (χ4v) is 12.1. The third-order valence-electron chi connectivity index (χ3n) is 17.8. The molecule has 18 aromatic rings. The van der Waals surface area contributed by atoms with Gasteiger partial charge in [0.15, 0.2) is 0 Å². The van der Waals surface area contributed by atoms with Gasteiger partial charge >= 0.3 is 0 Å². The van der Waals surface area contributed by atoms with Crippen molar-refractivity contribution in [3.05, 3.63) is 339 Å². The van der Waals surface area contributed by atoms with Crippen LogP contribution < -0.4 is 0 Å². The first kappa shape index (κ1) is 51.3. The smallest absolute Gasteiger partial charge is 0.216 e. The van der Waals surface area contributed by atoms with Gasteiger partial charge in [0.25, 0.3) is 0 Å². The van der Waals surface area contributed by atoms with E-state index in [0.29, 0.717) is 38.8 Å². The minimum atomic E-state index is -2.81. The minimum absolute atomic E-state index is 0. The van der Waals surface area contributed by atoms with Crippen LogP contribution in [0, 0.1) is 119 Å². The summed E-state index contributed by atoms with van der Waals surface area (Å²) in [5, 5.41) is 2.28. The van der Waals surface area contributed by atoms with Crippen molar-refractivity contribution in [3.63, 3.8) is 0 Å². The van der Waals surface area contributed by atoms with Gasteiger partial charge in [-0.2, -0.15) is 0 Å². The van der Waals surface area contributed by atoms with Crippen molar-refractivity contribution >= 4 is 66.2 Å². The van der Waals surface area contributed by atoms with Crippen molar-refractivity contribution in [2.75, 3.05) is 0 Å². The average molecular weight is 2110 g/mol. The molecule has 0 spiro atoms. The fraction of sp³-hybridized carbons (Fsp3) is 0.206. The standard InChI is InChI=1S/3C22H21N2O.C13H12N.C12H10N.C11H8N.3Ir/c3*1-12(2)18-11-23-19(10-14(18)4)16-8-6-13(3)20-17-9-7-15(5)24-22(17)25-21(16)20;1-10-8-13(14-9-11(10)2)12-6-4-3-5-7-12;1-10-7-8-12(13-9-10)11-5-3-2-4-6-11;1-2-6-10(7-3-1)11-8-4-5-9-12-11;;;/h3*6-7,9-12H,1-5H3;3-6,8-9H,1-2H3;2-5,7-9H,1H3;1-6,8-9H;;;/q6*-1;;;/i3*1D3,3D3,4D3,12D;2D3;1D3;;;;. The summed E-state index contributed by atoms with van der Waals surface area (Å²) in [5.74, 6) is -6.69. The molecule has 12 heterocycles. The Labute approximate surface area is 778 Å². The molecule has 6 aromatic carbocycles. The predicted molar refractivity (Wildman–Crippen MR) is 465 cm³/mol. The zero-order valence-electron chi connectivity index (χ0n) is 99.5. The third kappa shape index (κ3) is 20.5. The summed E-state index contributed by atoms with van der Waals surface area (Å²) < 4.78 is 299. The van der Waals surface area contributed by atoms with Crippen LogP contribution in [0.2, 0.25) is 0 Å². The molecule has 3 unspecified atom stereocenters. The maximum atomic E-state index is 8.39. The van der Waals surface area contributed by atoms with E-state index in [9.17, 15) is 0 Å². The molecule has 0 saturated carbocycles. The topological polar surface area (TPSA) is 155 Å². The van der Waals surface area contributed by atoms with E-state index in [2.05, 4.69) is 81.3 Å². The number of nitrogens with zero attached hydrogens (tertiary/aromatic N) is 9. The molecule has 0 saturated heterocycles. The molecule has 3 atom stereocenters. The van der Waals surface area contributed by atoms with Crippen LogP contribution >= 0.6 is 0 Å². The Morgan fingerprint density at radius 1 is 0.325 bits per heavy atom. The second-order valence-electron chi connectivity index (χ2n) is 26.1. The number of aryl methyl sites for hydroxylation is 12. The normalized spacial score (nSPS) is 18.1. The molecule has 0 fully saturated rings. The van der Waals surface area contributed by atoms with E-state index < -0.39 is 93.1 Å². The van der Waals surface area contributed by atoms with Crippen LogP contribution in [0.25, 0.3) is 134 Å². The molecule has 0 N–H and O–H groups in total. The van der Waals surface area contributed by atoms with Crippen LogP contribution in [-0.2, 0) is 60.3 Å². The van der Waals surface area contributed by atoms with E-state index in [1.54, 1.807) is 94.6 Å². The molecule has 597 valence electrons. The molecular weight excluding hydrogens is 1980 g/mol. The number of fused-ring (bicyclic) bond motifs is 9. The minimum Gasteiger partial charge on any atom is -0.486 e. The molecular formula is C102H93Ir3N9O3-6. The van der Waals surface area contributed by atoms with Gasteiger partial charge in [0.1, 0.15) is 0 Å². The van der Waals surface area contributed by atoms with Crippen molar-refractivity contribution in [1.82, 2.24) is 44.9 Å². The van der Waals surface area contributed by atoms with Gasteiger partial charge in [-0.3, -0.25) is 0 Å². The number of hydrogen-bond donors (Lipinski definition) is 0. The van der Waals surface area contributed by atoms with Gasteiger partial charge in [-0.05, 0) is 184 Å². The van der Waals surface area contributed by atoms with Crippen LogP contribution in [0.3, 0.4) is 0 Å². The monoisotopic (exact) mass is 2110 g/mol. The van der Waals surface area contributed by atoms with Gasteiger partial charge < -0.3 is 43.2 Å². The number of hydrogen-bond acceptors (Lipinski definition) is 12. The second-order valence-corrected chi connectivity index (χ2v) is 26.1.